The minimum Gasteiger partial charge on any atom is -0.465 e. The third-order valence-electron chi connectivity index (χ3n) is 6.69. The van der Waals surface area contributed by atoms with Gasteiger partial charge in [0.1, 0.15) is 0 Å². The van der Waals surface area contributed by atoms with Crippen molar-refractivity contribution in [2.45, 2.75) is 52.4 Å². The third-order valence-corrected chi connectivity index (χ3v) is 22.5. The lowest BCUT2D eigenvalue weighted by Gasteiger charge is -2.26. The number of methoxy groups -OCH3 is 2. The molecule has 2 aromatic rings. The molecule has 6 nitrogen and oxygen atoms in total. The van der Waals surface area contributed by atoms with Gasteiger partial charge < -0.3 is 17.7 Å². The Bertz CT molecular complexity index is 1110. The van der Waals surface area contributed by atoms with Gasteiger partial charge in [0.2, 0.25) is 33.3 Å². The molecule has 0 saturated carbocycles. The molecule has 0 unspecified atom stereocenters. The van der Waals surface area contributed by atoms with E-state index in [9.17, 15) is 9.59 Å². The van der Waals surface area contributed by atoms with Crippen molar-refractivity contribution >= 4 is 76.7 Å². The van der Waals surface area contributed by atoms with Crippen LogP contribution in [0.25, 0.3) is 10.8 Å². The lowest BCUT2D eigenvalue weighted by Crippen LogP contribution is -2.64. The summed E-state index contributed by atoms with van der Waals surface area (Å²) in [5.74, 6) is -1.09. The Morgan fingerprint density at radius 2 is 0.875 bits per heavy atom. The van der Waals surface area contributed by atoms with Crippen LogP contribution in [0.15, 0.2) is 12.1 Å². The minimum absolute atomic E-state index is 0.236. The van der Waals surface area contributed by atoms with Crippen LogP contribution in [0.4, 0.5) is 0 Å². The van der Waals surface area contributed by atoms with E-state index in [2.05, 4.69) is 52.4 Å². The molecule has 0 spiro atoms. The summed E-state index contributed by atoms with van der Waals surface area (Å²) in [4.78, 5) is 25.4. The van der Waals surface area contributed by atoms with Gasteiger partial charge in [0.15, 0.2) is 0 Å². The van der Waals surface area contributed by atoms with Gasteiger partial charge in [-0.25, -0.2) is 9.59 Å². The normalized spacial score (nSPS) is 21.2. The first-order chi connectivity index (χ1) is 14.6. The average Bonchev–Trinajstić information content (AvgIpc) is 2.99. The van der Waals surface area contributed by atoms with Gasteiger partial charge in [-0.15, -0.1) is 0 Å². The fraction of sp³-hybridized carbons (Fsp3) is 0.455. The van der Waals surface area contributed by atoms with Gasteiger partial charge in [-0.05, 0) is 96.0 Å². The van der Waals surface area contributed by atoms with E-state index in [1.165, 1.54) is 35.0 Å². The smallest absolute Gasteiger partial charge is 0.338 e. The van der Waals surface area contributed by atoms with Crippen LogP contribution in [0.1, 0.15) is 20.7 Å². The summed E-state index contributed by atoms with van der Waals surface area (Å²) in [5, 5.41) is 7.32. The lowest BCUT2D eigenvalue weighted by atomic mass is 10.0. The van der Waals surface area contributed by atoms with Crippen LogP contribution < -0.4 is 20.7 Å². The van der Waals surface area contributed by atoms with Crippen LogP contribution in [-0.4, -0.2) is 59.4 Å². The summed E-state index contributed by atoms with van der Waals surface area (Å²) in [6.07, 6.45) is 0. The standard InChI is InChI=1S/C22H32O6Si4/c1-25-21(23)15-11-13-14(12-16(15)22(24)26-2)18-20(32(9,10)28-30(18,5)6)19-17(13)29(3,4)27-31(19,7)8/h11-12H,1-10H3. The Morgan fingerprint density at radius 1 is 0.594 bits per heavy atom. The van der Waals surface area contributed by atoms with Crippen molar-refractivity contribution < 1.29 is 27.3 Å². The molecule has 0 amide bonds. The molecule has 0 atom stereocenters. The topological polar surface area (TPSA) is 71.1 Å². The first kappa shape index (κ1) is 23.6. The summed E-state index contributed by atoms with van der Waals surface area (Å²) in [6, 6.07) is 3.69. The predicted octanol–water partition coefficient (Wildman–Crippen LogP) is 2.12. The molecule has 0 bridgehead atoms. The van der Waals surface area contributed by atoms with Gasteiger partial charge in [0.05, 0.1) is 25.3 Å². The number of hydrogen-bond acceptors (Lipinski definition) is 6. The first-order valence-electron chi connectivity index (χ1n) is 10.9. The fourth-order valence-corrected chi connectivity index (χ4v) is 29.6. The monoisotopic (exact) mass is 504 g/mol. The molecule has 2 aliphatic heterocycles. The number of fused-ring (bicyclic) bond motifs is 6. The highest BCUT2D eigenvalue weighted by molar-refractivity contribution is 7.15. The zero-order valence-electron chi connectivity index (χ0n) is 20.6. The number of esters is 2. The second-order valence-electron chi connectivity index (χ2n) is 10.7. The number of hydrogen-bond donors (Lipinski definition) is 0. The molecule has 2 aliphatic rings. The van der Waals surface area contributed by atoms with Crippen molar-refractivity contribution in [3.63, 3.8) is 0 Å². The number of carbonyl (C=O) groups is 2. The van der Waals surface area contributed by atoms with Crippen molar-refractivity contribution in [1.82, 2.24) is 0 Å². The molecule has 2 heterocycles. The van der Waals surface area contributed by atoms with Gasteiger partial charge >= 0.3 is 11.9 Å². The minimum atomic E-state index is -2.26. The predicted molar refractivity (Wildman–Crippen MR) is 137 cm³/mol. The summed E-state index contributed by atoms with van der Waals surface area (Å²) in [5.41, 5.74) is 0.472. The van der Waals surface area contributed by atoms with Crippen molar-refractivity contribution in [3.8, 4) is 0 Å². The Kier molecular flexibility index (Phi) is 5.13. The van der Waals surface area contributed by atoms with Crippen LogP contribution in [-0.2, 0) is 17.7 Å². The summed E-state index contributed by atoms with van der Waals surface area (Å²) >= 11 is 0. The molecule has 0 saturated heterocycles. The molecule has 10 heteroatoms. The fourth-order valence-electron chi connectivity index (χ4n) is 6.03. The van der Waals surface area contributed by atoms with E-state index in [-0.39, 0.29) is 11.1 Å². The van der Waals surface area contributed by atoms with Gasteiger partial charge in [0.25, 0.3) is 0 Å². The average molecular weight is 505 g/mol. The molecule has 4 rings (SSSR count). The Morgan fingerprint density at radius 3 is 1.16 bits per heavy atom. The third kappa shape index (κ3) is 3.15. The van der Waals surface area contributed by atoms with E-state index in [0.29, 0.717) is 0 Å². The zero-order valence-corrected chi connectivity index (χ0v) is 24.6. The SMILES string of the molecule is COC(=O)c1cc2c3c(c4c(c2cc1C(=O)OC)[Si](C)(C)O[Si]4(C)C)[Si](C)(C)O[Si]3(C)C. The van der Waals surface area contributed by atoms with E-state index < -0.39 is 45.2 Å². The maximum Gasteiger partial charge on any atom is 0.338 e. The summed E-state index contributed by atoms with van der Waals surface area (Å²) in [7, 11) is -6.23. The molecular weight excluding hydrogens is 473 g/mol. The molecular formula is C22H32O6Si4. The van der Waals surface area contributed by atoms with Crippen LogP contribution in [0.2, 0.25) is 52.4 Å². The van der Waals surface area contributed by atoms with Crippen molar-refractivity contribution in [3.05, 3.63) is 23.3 Å². The van der Waals surface area contributed by atoms with Crippen molar-refractivity contribution in [1.29, 1.82) is 0 Å². The van der Waals surface area contributed by atoms with E-state index in [1.54, 1.807) is 0 Å². The number of rotatable bonds is 2. The second kappa shape index (κ2) is 6.97. The Labute approximate surface area is 193 Å². The highest BCUT2D eigenvalue weighted by atomic mass is 28.4. The maximum absolute atomic E-state index is 12.7. The van der Waals surface area contributed by atoms with Crippen molar-refractivity contribution in [2.24, 2.45) is 0 Å². The highest BCUT2D eigenvalue weighted by Crippen LogP contribution is 2.32. The van der Waals surface area contributed by atoms with Gasteiger partial charge in [-0.1, -0.05) is 0 Å². The van der Waals surface area contributed by atoms with Crippen LogP contribution >= 0.6 is 0 Å². The lowest BCUT2D eigenvalue weighted by molar-refractivity contribution is 0.0555. The van der Waals surface area contributed by atoms with Gasteiger partial charge in [-0.2, -0.15) is 0 Å². The van der Waals surface area contributed by atoms with Gasteiger partial charge in [-0.3, -0.25) is 0 Å². The van der Waals surface area contributed by atoms with E-state index in [4.69, 9.17) is 17.7 Å². The first-order valence-corrected chi connectivity index (χ1v) is 22.5. The maximum atomic E-state index is 12.7. The van der Waals surface area contributed by atoms with Crippen LogP contribution in [0.5, 0.6) is 0 Å². The molecule has 32 heavy (non-hydrogen) atoms. The summed E-state index contributed by atoms with van der Waals surface area (Å²) < 4.78 is 23.8. The summed E-state index contributed by atoms with van der Waals surface area (Å²) in [6.45, 7) is 18.1. The molecule has 0 fully saturated rings. The Hall–Kier alpha value is -1.57. The van der Waals surface area contributed by atoms with Crippen molar-refractivity contribution in [2.75, 3.05) is 14.2 Å². The molecule has 0 radical (unpaired) electrons. The Balaban J connectivity index is 2.31. The van der Waals surface area contributed by atoms with E-state index in [0.717, 1.165) is 10.8 Å². The molecule has 0 N–H and O–H groups in total. The second-order valence-corrected chi connectivity index (χ2v) is 26.4. The molecule has 0 aliphatic carbocycles. The zero-order chi connectivity index (χ0) is 24.0. The molecule has 172 valence electrons. The van der Waals surface area contributed by atoms with E-state index >= 15 is 0 Å². The largest absolute Gasteiger partial charge is 0.465 e. The van der Waals surface area contributed by atoms with E-state index in [1.807, 2.05) is 12.1 Å². The van der Waals surface area contributed by atoms with Crippen LogP contribution in [0.3, 0.4) is 0 Å². The van der Waals surface area contributed by atoms with Gasteiger partial charge in [0, 0.05) is 0 Å². The highest BCUT2D eigenvalue weighted by Gasteiger charge is 2.57. The molecule has 0 aromatic heterocycles. The number of carbonyl (C=O) groups excluding carboxylic acids is 2. The number of ether oxygens (including phenoxy) is 2. The number of benzene rings is 2. The van der Waals surface area contributed by atoms with Crippen LogP contribution in [0, 0.1) is 0 Å². The quantitative estimate of drug-likeness (QED) is 0.461. The molecule has 2 aromatic carbocycles.